The van der Waals surface area contributed by atoms with Crippen molar-refractivity contribution in [2.75, 3.05) is 19.8 Å². The number of aryl methyl sites for hydroxylation is 1. The Labute approximate surface area is 110 Å². The van der Waals surface area contributed by atoms with Gasteiger partial charge in [-0.25, -0.2) is 0 Å². The van der Waals surface area contributed by atoms with Crippen molar-refractivity contribution in [2.45, 2.75) is 31.8 Å². The molecule has 1 aliphatic heterocycles. The number of benzene rings is 1. The molecule has 2 rings (SSSR count). The van der Waals surface area contributed by atoms with Crippen molar-refractivity contribution >= 4 is 6.08 Å². The Bertz CT molecular complexity index is 369. The summed E-state index contributed by atoms with van der Waals surface area (Å²) in [6.45, 7) is 6.44. The molecule has 2 heteroatoms. The first-order chi connectivity index (χ1) is 8.88. The van der Waals surface area contributed by atoms with Crippen LogP contribution in [0.5, 0.6) is 0 Å². The van der Waals surface area contributed by atoms with Crippen molar-refractivity contribution in [3.63, 3.8) is 0 Å². The average molecular weight is 246 g/mol. The first-order valence-electron chi connectivity index (χ1n) is 6.79. The van der Waals surface area contributed by atoms with Gasteiger partial charge in [0.1, 0.15) is 0 Å². The second kappa shape index (κ2) is 7.34. The fourth-order valence-electron chi connectivity index (χ4n) is 1.96. The highest BCUT2D eigenvalue weighted by molar-refractivity contribution is 5.47. The lowest BCUT2D eigenvalue weighted by Crippen LogP contribution is -2.00. The van der Waals surface area contributed by atoms with Crippen molar-refractivity contribution < 1.29 is 9.47 Å². The lowest BCUT2D eigenvalue weighted by atomic mass is 10.1. The van der Waals surface area contributed by atoms with E-state index in [-0.39, 0.29) is 0 Å². The van der Waals surface area contributed by atoms with E-state index in [1.807, 2.05) is 6.08 Å². The van der Waals surface area contributed by atoms with Crippen LogP contribution in [0.2, 0.25) is 0 Å². The van der Waals surface area contributed by atoms with Crippen LogP contribution in [-0.2, 0) is 15.9 Å². The molecule has 0 amide bonds. The Kier molecular flexibility index (Phi) is 5.43. The van der Waals surface area contributed by atoms with E-state index < -0.39 is 0 Å². The van der Waals surface area contributed by atoms with E-state index in [0.717, 1.165) is 39.1 Å². The highest BCUT2D eigenvalue weighted by Gasteiger charge is 2.21. The summed E-state index contributed by atoms with van der Waals surface area (Å²) < 4.78 is 10.7. The predicted molar refractivity (Wildman–Crippen MR) is 74.6 cm³/mol. The maximum absolute atomic E-state index is 5.57. The van der Waals surface area contributed by atoms with Crippen LogP contribution in [0.3, 0.4) is 0 Å². The molecular formula is C16H22O2. The average Bonchev–Trinajstić information content (AvgIpc) is 3.22. The van der Waals surface area contributed by atoms with E-state index >= 15 is 0 Å². The van der Waals surface area contributed by atoms with E-state index in [4.69, 9.17) is 9.47 Å². The Hall–Kier alpha value is -1.12. The fourth-order valence-corrected chi connectivity index (χ4v) is 1.96. The van der Waals surface area contributed by atoms with Crippen molar-refractivity contribution in [1.29, 1.82) is 0 Å². The van der Waals surface area contributed by atoms with Gasteiger partial charge in [0, 0.05) is 13.2 Å². The summed E-state index contributed by atoms with van der Waals surface area (Å²) in [5, 5.41) is 0. The second-order valence-corrected chi connectivity index (χ2v) is 4.76. The molecule has 0 radical (unpaired) electrons. The van der Waals surface area contributed by atoms with Crippen LogP contribution in [-0.4, -0.2) is 25.9 Å². The summed E-state index contributed by atoms with van der Waals surface area (Å²) in [5.74, 6) is 0. The second-order valence-electron chi connectivity index (χ2n) is 4.76. The van der Waals surface area contributed by atoms with Crippen LogP contribution >= 0.6 is 0 Å². The monoisotopic (exact) mass is 246 g/mol. The van der Waals surface area contributed by atoms with Crippen LogP contribution in [0.15, 0.2) is 30.8 Å². The number of unbranched alkanes of at least 4 members (excludes halogenated alkanes) is 1. The third-order valence-corrected chi connectivity index (χ3v) is 3.18. The maximum atomic E-state index is 5.57. The molecule has 2 nitrogen and oxygen atoms in total. The van der Waals surface area contributed by atoms with E-state index in [1.54, 1.807) is 0 Å². The van der Waals surface area contributed by atoms with Gasteiger partial charge in [0.2, 0.25) is 0 Å². The molecule has 18 heavy (non-hydrogen) atoms. The molecule has 98 valence electrons. The predicted octanol–water partition coefficient (Wildman–Crippen LogP) is 3.46. The molecule has 1 aromatic carbocycles. The van der Waals surface area contributed by atoms with E-state index in [0.29, 0.717) is 6.10 Å². The molecule has 0 spiro atoms. The Balaban J connectivity index is 1.52. The van der Waals surface area contributed by atoms with Gasteiger partial charge in [-0.2, -0.15) is 0 Å². The quantitative estimate of drug-likeness (QED) is 0.491. The molecule has 1 atom stereocenters. The molecule has 1 saturated heterocycles. The van der Waals surface area contributed by atoms with Crippen LogP contribution in [0.25, 0.3) is 6.08 Å². The van der Waals surface area contributed by atoms with Gasteiger partial charge in [0.15, 0.2) is 0 Å². The molecule has 1 unspecified atom stereocenters. The zero-order chi connectivity index (χ0) is 12.6. The van der Waals surface area contributed by atoms with Gasteiger partial charge in [-0.3, -0.25) is 0 Å². The zero-order valence-corrected chi connectivity index (χ0v) is 10.9. The molecule has 1 aliphatic rings. The Morgan fingerprint density at radius 3 is 3.00 bits per heavy atom. The number of hydrogen-bond donors (Lipinski definition) is 0. The lowest BCUT2D eigenvalue weighted by Gasteiger charge is -2.04. The minimum Gasteiger partial charge on any atom is -0.381 e. The Morgan fingerprint density at radius 2 is 2.22 bits per heavy atom. The van der Waals surface area contributed by atoms with Gasteiger partial charge in [-0.15, -0.1) is 0 Å². The van der Waals surface area contributed by atoms with Gasteiger partial charge >= 0.3 is 0 Å². The van der Waals surface area contributed by atoms with Crippen molar-refractivity contribution in [3.8, 4) is 0 Å². The molecule has 1 heterocycles. The van der Waals surface area contributed by atoms with Gasteiger partial charge in [0.25, 0.3) is 0 Å². The molecule has 1 aromatic rings. The normalized spacial score (nSPS) is 17.7. The summed E-state index contributed by atoms with van der Waals surface area (Å²) in [7, 11) is 0. The molecule has 0 aliphatic carbocycles. The fraction of sp³-hybridized carbons (Fsp3) is 0.500. The smallest absolute Gasteiger partial charge is 0.0831 e. The highest BCUT2D eigenvalue weighted by atomic mass is 16.6. The summed E-state index contributed by atoms with van der Waals surface area (Å²) in [4.78, 5) is 0. The van der Waals surface area contributed by atoms with Gasteiger partial charge in [-0.05, 0) is 36.8 Å². The zero-order valence-electron chi connectivity index (χ0n) is 10.9. The van der Waals surface area contributed by atoms with Gasteiger partial charge in [-0.1, -0.05) is 36.9 Å². The molecule has 0 N–H and O–H groups in total. The lowest BCUT2D eigenvalue weighted by molar-refractivity contribution is 0.122. The first-order valence-corrected chi connectivity index (χ1v) is 6.79. The number of rotatable bonds is 9. The SMILES string of the molecule is C=Cc1cccc(CCCCOCCC2CO2)c1. The molecule has 1 fully saturated rings. The third-order valence-electron chi connectivity index (χ3n) is 3.18. The van der Waals surface area contributed by atoms with E-state index in [1.165, 1.54) is 17.5 Å². The van der Waals surface area contributed by atoms with Crippen LogP contribution < -0.4 is 0 Å². The maximum Gasteiger partial charge on any atom is 0.0831 e. The van der Waals surface area contributed by atoms with Crippen molar-refractivity contribution in [3.05, 3.63) is 42.0 Å². The van der Waals surface area contributed by atoms with Crippen molar-refractivity contribution in [1.82, 2.24) is 0 Å². The summed E-state index contributed by atoms with van der Waals surface area (Å²) >= 11 is 0. The minimum atomic E-state index is 0.492. The molecule has 0 aromatic heterocycles. The van der Waals surface area contributed by atoms with Crippen molar-refractivity contribution in [2.24, 2.45) is 0 Å². The standard InChI is InChI=1S/C16H22O2/c1-2-14-7-5-8-15(12-14)6-3-4-10-17-11-9-16-13-18-16/h2,5,7-8,12,16H,1,3-4,6,9-11,13H2. The summed E-state index contributed by atoms with van der Waals surface area (Å²) in [6.07, 6.45) is 6.88. The number of hydrogen-bond acceptors (Lipinski definition) is 2. The topological polar surface area (TPSA) is 21.8 Å². The highest BCUT2D eigenvalue weighted by Crippen LogP contribution is 2.13. The number of epoxide rings is 1. The van der Waals surface area contributed by atoms with Crippen LogP contribution in [0.4, 0.5) is 0 Å². The minimum absolute atomic E-state index is 0.492. The molecule has 0 saturated carbocycles. The van der Waals surface area contributed by atoms with Crippen LogP contribution in [0.1, 0.15) is 30.4 Å². The summed E-state index contributed by atoms with van der Waals surface area (Å²) in [5.41, 5.74) is 2.59. The van der Waals surface area contributed by atoms with E-state index in [2.05, 4.69) is 30.8 Å². The van der Waals surface area contributed by atoms with E-state index in [9.17, 15) is 0 Å². The molecule has 0 bridgehead atoms. The van der Waals surface area contributed by atoms with Gasteiger partial charge < -0.3 is 9.47 Å². The Morgan fingerprint density at radius 1 is 1.33 bits per heavy atom. The summed E-state index contributed by atoms with van der Waals surface area (Å²) in [6, 6.07) is 8.56. The first kappa shape index (κ1) is 13.3. The van der Waals surface area contributed by atoms with Gasteiger partial charge in [0.05, 0.1) is 12.7 Å². The largest absolute Gasteiger partial charge is 0.381 e. The molecular weight excluding hydrogens is 224 g/mol. The number of ether oxygens (including phenoxy) is 2. The third kappa shape index (κ3) is 5.03. The van der Waals surface area contributed by atoms with Crippen LogP contribution in [0, 0.1) is 0 Å².